The van der Waals surface area contributed by atoms with Gasteiger partial charge in [-0.1, -0.05) is 46.7 Å². The molecule has 0 fully saturated rings. The standard InChI is InChI=1S/C11H10Cl2N2O2S2/c1-6-4-3-5-8(9(6)12)15-19(16,17)10-7(2)14-11(13)18-10/h3-5,15H,1-2H3. The number of halogens is 2. The van der Waals surface area contributed by atoms with Crippen molar-refractivity contribution in [2.24, 2.45) is 0 Å². The van der Waals surface area contributed by atoms with Gasteiger partial charge in [0.15, 0.2) is 8.68 Å². The molecule has 8 heteroatoms. The SMILES string of the molecule is Cc1cccc(NS(=O)(=O)c2sc(Cl)nc2C)c1Cl. The molecule has 0 amide bonds. The molecule has 0 unspecified atom stereocenters. The molecule has 0 saturated heterocycles. The topological polar surface area (TPSA) is 59.1 Å². The Morgan fingerprint density at radius 1 is 1.26 bits per heavy atom. The van der Waals surface area contributed by atoms with Gasteiger partial charge in [-0.15, -0.1) is 0 Å². The smallest absolute Gasteiger partial charge is 0.273 e. The number of nitrogens with one attached hydrogen (secondary N) is 1. The van der Waals surface area contributed by atoms with Crippen molar-refractivity contribution in [3.63, 3.8) is 0 Å². The summed E-state index contributed by atoms with van der Waals surface area (Å²) in [6, 6.07) is 5.13. The predicted octanol–water partition coefficient (Wildman–Crippen LogP) is 3.87. The fraction of sp³-hybridized carbons (Fsp3) is 0.182. The second kappa shape index (κ2) is 5.28. The zero-order chi connectivity index (χ0) is 14.2. The molecular formula is C11H10Cl2N2O2S2. The molecule has 0 aliphatic carbocycles. The van der Waals surface area contributed by atoms with E-state index in [1.54, 1.807) is 32.0 Å². The van der Waals surface area contributed by atoms with Crippen LogP contribution in [-0.4, -0.2) is 13.4 Å². The van der Waals surface area contributed by atoms with Gasteiger partial charge in [0.05, 0.1) is 16.4 Å². The van der Waals surface area contributed by atoms with Gasteiger partial charge in [0, 0.05) is 0 Å². The van der Waals surface area contributed by atoms with Crippen LogP contribution < -0.4 is 4.72 Å². The average molecular weight is 337 g/mol. The van der Waals surface area contributed by atoms with Crippen LogP contribution in [0.4, 0.5) is 5.69 Å². The molecule has 1 heterocycles. The van der Waals surface area contributed by atoms with Crippen molar-refractivity contribution in [3.05, 3.63) is 38.9 Å². The molecule has 0 atom stereocenters. The lowest BCUT2D eigenvalue weighted by Crippen LogP contribution is -2.13. The van der Waals surface area contributed by atoms with E-state index in [0.717, 1.165) is 16.9 Å². The molecule has 19 heavy (non-hydrogen) atoms. The predicted molar refractivity (Wildman–Crippen MR) is 78.9 cm³/mol. The number of benzene rings is 1. The molecule has 0 saturated carbocycles. The number of nitrogens with zero attached hydrogens (tertiary/aromatic N) is 1. The Kier molecular flexibility index (Phi) is 4.06. The molecule has 102 valence electrons. The maximum absolute atomic E-state index is 12.2. The monoisotopic (exact) mass is 336 g/mol. The maximum Gasteiger partial charge on any atom is 0.273 e. The third-order valence-electron chi connectivity index (χ3n) is 2.41. The highest BCUT2D eigenvalue weighted by atomic mass is 35.5. The quantitative estimate of drug-likeness (QED) is 0.925. The van der Waals surface area contributed by atoms with Crippen LogP contribution in [0.5, 0.6) is 0 Å². The lowest BCUT2D eigenvalue weighted by molar-refractivity contribution is 0.602. The Labute approximate surface area is 125 Å². The summed E-state index contributed by atoms with van der Waals surface area (Å²) in [5.41, 5.74) is 1.50. The molecule has 1 aromatic carbocycles. The number of hydrogen-bond donors (Lipinski definition) is 1. The Morgan fingerprint density at radius 2 is 1.95 bits per heavy atom. The van der Waals surface area contributed by atoms with E-state index in [1.807, 2.05) is 0 Å². The van der Waals surface area contributed by atoms with E-state index in [-0.39, 0.29) is 8.68 Å². The van der Waals surface area contributed by atoms with Crippen molar-refractivity contribution in [2.45, 2.75) is 18.1 Å². The molecule has 1 N–H and O–H groups in total. The fourth-order valence-corrected chi connectivity index (χ4v) is 4.56. The van der Waals surface area contributed by atoms with Crippen LogP contribution >= 0.6 is 34.5 Å². The second-order valence-electron chi connectivity index (χ2n) is 3.88. The van der Waals surface area contributed by atoms with Crippen LogP contribution in [0.1, 0.15) is 11.3 Å². The largest absolute Gasteiger partial charge is 0.277 e. The minimum atomic E-state index is -3.73. The molecule has 0 aliphatic heterocycles. The molecule has 4 nitrogen and oxygen atoms in total. The molecular weight excluding hydrogens is 327 g/mol. The summed E-state index contributed by atoms with van der Waals surface area (Å²) in [7, 11) is -3.73. The molecule has 0 aliphatic rings. The van der Waals surface area contributed by atoms with E-state index >= 15 is 0 Å². The molecule has 2 rings (SSSR count). The van der Waals surface area contributed by atoms with Gasteiger partial charge in [-0.05, 0) is 25.5 Å². The zero-order valence-corrected chi connectivity index (χ0v) is 13.2. The number of hydrogen-bond acceptors (Lipinski definition) is 4. The van der Waals surface area contributed by atoms with Crippen molar-refractivity contribution in [1.82, 2.24) is 4.98 Å². The first-order valence-electron chi connectivity index (χ1n) is 5.22. The van der Waals surface area contributed by atoms with Gasteiger partial charge in [-0.2, -0.15) is 0 Å². The van der Waals surface area contributed by atoms with Crippen LogP contribution in [0.25, 0.3) is 0 Å². The summed E-state index contributed by atoms with van der Waals surface area (Å²) in [5, 5.41) is 0.374. The van der Waals surface area contributed by atoms with Gasteiger partial charge in [0.1, 0.15) is 0 Å². The molecule has 2 aromatic rings. The summed E-state index contributed by atoms with van der Waals surface area (Å²) in [4.78, 5) is 3.89. The fourth-order valence-electron chi connectivity index (χ4n) is 1.52. The van der Waals surface area contributed by atoms with Crippen molar-refractivity contribution in [2.75, 3.05) is 4.72 Å². The van der Waals surface area contributed by atoms with Gasteiger partial charge >= 0.3 is 0 Å². The van der Waals surface area contributed by atoms with E-state index in [0.29, 0.717) is 16.4 Å². The molecule has 0 spiro atoms. The van der Waals surface area contributed by atoms with Crippen LogP contribution in [0.15, 0.2) is 22.4 Å². The third kappa shape index (κ3) is 3.02. The first kappa shape index (κ1) is 14.6. The average Bonchev–Trinajstić information content (AvgIpc) is 2.65. The van der Waals surface area contributed by atoms with Crippen molar-refractivity contribution >= 4 is 50.2 Å². The van der Waals surface area contributed by atoms with Gasteiger partial charge in [0.25, 0.3) is 10.0 Å². The molecule has 0 bridgehead atoms. The lowest BCUT2D eigenvalue weighted by atomic mass is 10.2. The highest BCUT2D eigenvalue weighted by molar-refractivity contribution is 7.94. The summed E-state index contributed by atoms with van der Waals surface area (Å²) in [6.45, 7) is 3.39. The van der Waals surface area contributed by atoms with E-state index in [9.17, 15) is 8.42 Å². The Balaban J connectivity index is 2.42. The first-order chi connectivity index (χ1) is 8.81. The zero-order valence-electron chi connectivity index (χ0n) is 10.1. The van der Waals surface area contributed by atoms with Crippen molar-refractivity contribution < 1.29 is 8.42 Å². The van der Waals surface area contributed by atoms with Crippen LogP contribution in [0.2, 0.25) is 9.49 Å². The van der Waals surface area contributed by atoms with Gasteiger partial charge in [-0.25, -0.2) is 13.4 Å². The van der Waals surface area contributed by atoms with E-state index in [4.69, 9.17) is 23.2 Å². The summed E-state index contributed by atoms with van der Waals surface area (Å²) in [6.07, 6.45) is 0. The number of thiazole rings is 1. The summed E-state index contributed by atoms with van der Waals surface area (Å²) in [5.74, 6) is 0. The Hall–Kier alpha value is -0.820. The third-order valence-corrected chi connectivity index (χ3v) is 6.15. The van der Waals surface area contributed by atoms with E-state index in [2.05, 4.69) is 9.71 Å². The Bertz CT molecular complexity index is 726. The van der Waals surface area contributed by atoms with Crippen molar-refractivity contribution in [3.8, 4) is 0 Å². The first-order valence-corrected chi connectivity index (χ1v) is 8.27. The number of sulfonamides is 1. The second-order valence-corrected chi connectivity index (χ2v) is 7.72. The summed E-state index contributed by atoms with van der Waals surface area (Å²) < 4.78 is 27.2. The number of aromatic nitrogens is 1. The number of anilines is 1. The van der Waals surface area contributed by atoms with Gasteiger partial charge < -0.3 is 0 Å². The van der Waals surface area contributed by atoms with E-state index < -0.39 is 10.0 Å². The maximum atomic E-state index is 12.2. The van der Waals surface area contributed by atoms with Crippen LogP contribution in [0, 0.1) is 13.8 Å². The minimum absolute atomic E-state index is 0.0927. The highest BCUT2D eigenvalue weighted by Crippen LogP contribution is 2.31. The normalized spacial score (nSPS) is 11.6. The van der Waals surface area contributed by atoms with Crippen molar-refractivity contribution in [1.29, 1.82) is 0 Å². The van der Waals surface area contributed by atoms with Gasteiger partial charge in [0.2, 0.25) is 0 Å². The highest BCUT2D eigenvalue weighted by Gasteiger charge is 2.22. The van der Waals surface area contributed by atoms with E-state index in [1.165, 1.54) is 0 Å². The van der Waals surface area contributed by atoms with Crippen LogP contribution in [-0.2, 0) is 10.0 Å². The minimum Gasteiger partial charge on any atom is -0.277 e. The van der Waals surface area contributed by atoms with Crippen LogP contribution in [0.3, 0.4) is 0 Å². The van der Waals surface area contributed by atoms with Gasteiger partial charge in [-0.3, -0.25) is 4.72 Å². The number of aryl methyl sites for hydroxylation is 2. The molecule has 0 radical (unpaired) electrons. The summed E-state index contributed by atoms with van der Waals surface area (Å²) >= 11 is 12.7. The lowest BCUT2D eigenvalue weighted by Gasteiger charge is -2.09. The Morgan fingerprint density at radius 3 is 2.53 bits per heavy atom. The molecule has 1 aromatic heterocycles. The number of rotatable bonds is 3.